The zero-order chi connectivity index (χ0) is 13.8. The van der Waals surface area contributed by atoms with Crippen molar-refractivity contribution in [3.05, 3.63) is 24.3 Å². The van der Waals surface area contributed by atoms with Crippen LogP contribution in [-0.4, -0.2) is 25.4 Å². The Morgan fingerprint density at radius 3 is 2.22 bits per heavy atom. The molecule has 0 aromatic heterocycles. The summed E-state index contributed by atoms with van der Waals surface area (Å²) < 4.78 is 24.3. The van der Waals surface area contributed by atoms with Gasteiger partial charge in [-0.25, -0.2) is 17.9 Å². The van der Waals surface area contributed by atoms with Crippen LogP contribution in [0.25, 0.3) is 0 Å². The lowest BCUT2D eigenvalue weighted by atomic mass is 10.3. The first kappa shape index (κ1) is 13.5. The molecule has 0 bridgehead atoms. The van der Waals surface area contributed by atoms with Crippen molar-refractivity contribution in [3.63, 3.8) is 0 Å². The van der Waals surface area contributed by atoms with E-state index in [0.29, 0.717) is 0 Å². The zero-order valence-electron chi connectivity index (χ0n) is 8.75. The van der Waals surface area contributed by atoms with Crippen molar-refractivity contribution >= 4 is 27.6 Å². The number of carbonyl (C=O) groups is 2. The molecule has 0 fully saturated rings. The van der Waals surface area contributed by atoms with Crippen LogP contribution in [0.4, 0.5) is 5.69 Å². The van der Waals surface area contributed by atoms with Gasteiger partial charge in [-0.2, -0.15) is 5.26 Å². The number of rotatable bonds is 3. The van der Waals surface area contributed by atoms with Crippen LogP contribution in [0.5, 0.6) is 0 Å². The van der Waals surface area contributed by atoms with E-state index in [0.717, 1.165) is 12.1 Å². The summed E-state index contributed by atoms with van der Waals surface area (Å²) in [5.74, 6) is -2.89. The van der Waals surface area contributed by atoms with Crippen molar-refractivity contribution in [1.82, 2.24) is 4.72 Å². The molecule has 1 aromatic carbocycles. The molecule has 8 nitrogen and oxygen atoms in total. The minimum atomic E-state index is -3.91. The van der Waals surface area contributed by atoms with E-state index in [-0.39, 0.29) is 10.6 Å². The largest absolute Gasteiger partial charge is 0.474 e. The molecule has 0 aliphatic rings. The zero-order valence-corrected chi connectivity index (χ0v) is 9.56. The van der Waals surface area contributed by atoms with E-state index in [9.17, 15) is 18.0 Å². The number of sulfonamides is 1. The van der Waals surface area contributed by atoms with Crippen LogP contribution in [-0.2, 0) is 19.6 Å². The minimum Gasteiger partial charge on any atom is -0.474 e. The summed E-state index contributed by atoms with van der Waals surface area (Å²) in [4.78, 5) is 20.9. The first-order chi connectivity index (χ1) is 8.36. The lowest BCUT2D eigenvalue weighted by Crippen LogP contribution is -2.22. The van der Waals surface area contributed by atoms with Crippen LogP contribution in [0.1, 0.15) is 0 Å². The van der Waals surface area contributed by atoms with Gasteiger partial charge in [-0.15, -0.1) is 0 Å². The van der Waals surface area contributed by atoms with E-state index in [1.54, 1.807) is 4.72 Å². The number of nitrogens with one attached hydrogen (secondary N) is 2. The summed E-state index contributed by atoms with van der Waals surface area (Å²) >= 11 is 0. The monoisotopic (exact) mass is 269 g/mol. The van der Waals surface area contributed by atoms with Gasteiger partial charge in [0.1, 0.15) is 0 Å². The molecule has 0 saturated carbocycles. The summed E-state index contributed by atoms with van der Waals surface area (Å²) in [5.41, 5.74) is 0.123. The SMILES string of the molecule is N#CNS(=O)(=O)c1ccc(NC(=O)C(=O)O)cc1. The van der Waals surface area contributed by atoms with Crippen LogP contribution in [0.3, 0.4) is 0 Å². The summed E-state index contributed by atoms with van der Waals surface area (Å²) in [6, 6.07) is 4.65. The van der Waals surface area contributed by atoms with Gasteiger partial charge in [0.05, 0.1) is 4.90 Å². The topological polar surface area (TPSA) is 136 Å². The first-order valence-electron chi connectivity index (χ1n) is 4.42. The highest BCUT2D eigenvalue weighted by Gasteiger charge is 2.14. The average molecular weight is 269 g/mol. The molecule has 1 rings (SSSR count). The smallest absolute Gasteiger partial charge is 0.394 e. The molecule has 0 aliphatic carbocycles. The number of carboxylic acid groups (broad SMARTS) is 1. The number of carbonyl (C=O) groups excluding carboxylic acids is 1. The standard InChI is InChI=1S/C9H7N3O5S/c10-5-11-18(16,17)7-3-1-6(2-4-7)12-8(13)9(14)15/h1-4,11H,(H,12,13)(H,14,15). The molecule has 0 atom stereocenters. The van der Waals surface area contributed by atoms with Crippen LogP contribution in [0, 0.1) is 11.5 Å². The highest BCUT2D eigenvalue weighted by molar-refractivity contribution is 7.89. The Morgan fingerprint density at radius 1 is 1.22 bits per heavy atom. The van der Waals surface area contributed by atoms with Crippen LogP contribution >= 0.6 is 0 Å². The van der Waals surface area contributed by atoms with E-state index < -0.39 is 21.9 Å². The van der Waals surface area contributed by atoms with Gasteiger partial charge in [-0.05, 0) is 24.3 Å². The third kappa shape index (κ3) is 3.19. The second-order valence-electron chi connectivity index (χ2n) is 3.00. The number of aliphatic carboxylic acids is 1. The van der Waals surface area contributed by atoms with Crippen LogP contribution < -0.4 is 10.0 Å². The number of hydrogen-bond acceptors (Lipinski definition) is 5. The Labute approximate surface area is 102 Å². The molecule has 0 radical (unpaired) electrons. The number of nitrogens with zero attached hydrogens (tertiary/aromatic N) is 1. The molecule has 1 aromatic rings. The van der Waals surface area contributed by atoms with E-state index in [4.69, 9.17) is 10.4 Å². The molecule has 1 amide bonds. The van der Waals surface area contributed by atoms with Gasteiger partial charge in [0, 0.05) is 5.69 Å². The molecular formula is C9H7N3O5S. The fourth-order valence-electron chi connectivity index (χ4n) is 1.02. The molecule has 3 N–H and O–H groups in total. The Morgan fingerprint density at radius 2 is 1.78 bits per heavy atom. The summed E-state index contributed by atoms with van der Waals surface area (Å²) in [7, 11) is -3.91. The molecule has 0 spiro atoms. The second kappa shape index (κ2) is 5.15. The summed E-state index contributed by atoms with van der Waals surface area (Å²) in [6.45, 7) is 0. The van der Waals surface area contributed by atoms with Crippen molar-refractivity contribution < 1.29 is 23.1 Å². The Bertz CT molecular complexity index is 615. The van der Waals surface area contributed by atoms with Gasteiger partial charge < -0.3 is 10.4 Å². The molecule has 0 saturated heterocycles. The van der Waals surface area contributed by atoms with Gasteiger partial charge in [0.15, 0.2) is 6.19 Å². The number of amides is 1. The third-order valence-corrected chi connectivity index (χ3v) is 3.05. The number of carboxylic acids is 1. The Hall–Kier alpha value is -2.60. The molecule has 0 heterocycles. The third-order valence-electron chi connectivity index (χ3n) is 1.80. The van der Waals surface area contributed by atoms with Crippen LogP contribution in [0.2, 0.25) is 0 Å². The molecule has 94 valence electrons. The van der Waals surface area contributed by atoms with E-state index in [1.807, 2.05) is 5.32 Å². The summed E-state index contributed by atoms with van der Waals surface area (Å²) in [5, 5.41) is 18.6. The molecule has 9 heteroatoms. The number of benzene rings is 1. The fraction of sp³-hybridized carbons (Fsp3) is 0. The minimum absolute atomic E-state index is 0.123. The maximum absolute atomic E-state index is 11.4. The van der Waals surface area contributed by atoms with E-state index in [2.05, 4.69) is 0 Å². The van der Waals surface area contributed by atoms with Crippen molar-refractivity contribution in [3.8, 4) is 6.19 Å². The molecule has 0 aliphatic heterocycles. The predicted octanol–water partition coefficient (Wildman–Crippen LogP) is -0.531. The van der Waals surface area contributed by atoms with Crippen LogP contribution in [0.15, 0.2) is 29.2 Å². The van der Waals surface area contributed by atoms with Crippen molar-refractivity contribution in [1.29, 1.82) is 5.26 Å². The first-order valence-corrected chi connectivity index (χ1v) is 5.90. The highest BCUT2D eigenvalue weighted by atomic mass is 32.2. The van der Waals surface area contributed by atoms with Gasteiger partial charge >= 0.3 is 11.9 Å². The van der Waals surface area contributed by atoms with Gasteiger partial charge in [-0.1, -0.05) is 0 Å². The molecular weight excluding hydrogens is 262 g/mol. The van der Waals surface area contributed by atoms with Gasteiger partial charge in [0.25, 0.3) is 10.0 Å². The van der Waals surface area contributed by atoms with E-state index in [1.165, 1.54) is 18.3 Å². The Kier molecular flexibility index (Phi) is 3.85. The van der Waals surface area contributed by atoms with Gasteiger partial charge in [-0.3, -0.25) is 4.79 Å². The lowest BCUT2D eigenvalue weighted by molar-refractivity contribution is -0.147. The van der Waals surface area contributed by atoms with Crippen molar-refractivity contribution in [2.75, 3.05) is 5.32 Å². The number of nitriles is 1. The fourth-order valence-corrected chi connectivity index (χ4v) is 1.75. The number of anilines is 1. The molecule has 0 unspecified atom stereocenters. The predicted molar refractivity (Wildman–Crippen MR) is 58.6 cm³/mol. The van der Waals surface area contributed by atoms with E-state index >= 15 is 0 Å². The maximum atomic E-state index is 11.4. The number of hydrogen-bond donors (Lipinski definition) is 3. The average Bonchev–Trinajstić information content (AvgIpc) is 2.29. The second-order valence-corrected chi connectivity index (χ2v) is 4.68. The Balaban J connectivity index is 2.91. The van der Waals surface area contributed by atoms with Gasteiger partial charge in [0.2, 0.25) is 0 Å². The lowest BCUT2D eigenvalue weighted by Gasteiger charge is -2.04. The quantitative estimate of drug-likeness (QED) is 0.383. The highest BCUT2D eigenvalue weighted by Crippen LogP contribution is 2.13. The maximum Gasteiger partial charge on any atom is 0.394 e. The normalized spacial score (nSPS) is 10.2. The molecule has 18 heavy (non-hydrogen) atoms. The van der Waals surface area contributed by atoms with Crippen molar-refractivity contribution in [2.45, 2.75) is 4.90 Å². The summed E-state index contributed by atoms with van der Waals surface area (Å²) in [6.07, 6.45) is 1.28. The van der Waals surface area contributed by atoms with Crippen molar-refractivity contribution in [2.24, 2.45) is 0 Å².